The van der Waals surface area contributed by atoms with Crippen LogP contribution in [-0.2, 0) is 6.54 Å². The fourth-order valence-corrected chi connectivity index (χ4v) is 1.61. The Labute approximate surface area is 122 Å². The van der Waals surface area contributed by atoms with Crippen LogP contribution < -0.4 is 16.4 Å². The molecule has 0 aromatic heterocycles. The number of amides is 2. The number of hydrogen-bond acceptors (Lipinski definition) is 4. The number of amidine groups is 1. The topological polar surface area (TPSA) is 103 Å². The van der Waals surface area contributed by atoms with E-state index in [-0.39, 0.29) is 11.9 Å². The molecule has 0 heterocycles. The number of urea groups is 1. The molecule has 5 N–H and O–H groups in total. The molecule has 0 aliphatic carbocycles. The second-order valence-corrected chi connectivity index (χ2v) is 4.64. The van der Waals surface area contributed by atoms with Crippen molar-refractivity contribution in [3.63, 3.8) is 0 Å². The van der Waals surface area contributed by atoms with E-state index in [1.165, 1.54) is 17.0 Å². The highest BCUT2D eigenvalue weighted by Gasteiger charge is 2.05. The van der Waals surface area contributed by atoms with Crippen molar-refractivity contribution in [2.75, 3.05) is 27.2 Å². The number of halogens is 1. The molecule has 21 heavy (non-hydrogen) atoms. The second-order valence-electron chi connectivity index (χ2n) is 4.64. The zero-order valence-corrected chi connectivity index (χ0v) is 12.1. The normalized spacial score (nSPS) is 11.3. The van der Waals surface area contributed by atoms with Gasteiger partial charge >= 0.3 is 6.03 Å². The first-order chi connectivity index (χ1) is 9.93. The maximum atomic E-state index is 13.4. The lowest BCUT2D eigenvalue weighted by molar-refractivity contribution is 0.217. The summed E-state index contributed by atoms with van der Waals surface area (Å²) in [5.41, 5.74) is 6.41. The van der Waals surface area contributed by atoms with Gasteiger partial charge in [-0.05, 0) is 23.8 Å². The molecule has 8 heteroatoms. The molecule has 0 spiro atoms. The Bertz CT molecular complexity index is 519. The lowest BCUT2D eigenvalue weighted by atomic mass is 10.1. The number of oxime groups is 1. The van der Waals surface area contributed by atoms with Gasteiger partial charge in [0.2, 0.25) is 0 Å². The van der Waals surface area contributed by atoms with Crippen LogP contribution in [0.1, 0.15) is 11.1 Å². The SMILES string of the molecule is CN(C)C(=O)NCCNCc1cc(F)cc(/C(N)=N/O)c1. The summed E-state index contributed by atoms with van der Waals surface area (Å²) >= 11 is 0. The minimum absolute atomic E-state index is 0.144. The summed E-state index contributed by atoms with van der Waals surface area (Å²) in [6.07, 6.45) is 0. The average Bonchev–Trinajstić information content (AvgIpc) is 2.45. The van der Waals surface area contributed by atoms with E-state index in [0.717, 1.165) is 0 Å². The van der Waals surface area contributed by atoms with Crippen LogP contribution in [0.2, 0.25) is 0 Å². The molecule has 116 valence electrons. The van der Waals surface area contributed by atoms with Gasteiger partial charge in [0.1, 0.15) is 5.82 Å². The van der Waals surface area contributed by atoms with Crippen LogP contribution in [-0.4, -0.2) is 49.2 Å². The van der Waals surface area contributed by atoms with E-state index in [0.29, 0.717) is 30.8 Å². The Balaban J connectivity index is 2.45. The monoisotopic (exact) mass is 297 g/mol. The van der Waals surface area contributed by atoms with Gasteiger partial charge in [0, 0.05) is 39.3 Å². The van der Waals surface area contributed by atoms with Gasteiger partial charge in [-0.2, -0.15) is 0 Å². The van der Waals surface area contributed by atoms with Crippen molar-refractivity contribution in [3.05, 3.63) is 35.1 Å². The van der Waals surface area contributed by atoms with E-state index in [9.17, 15) is 9.18 Å². The van der Waals surface area contributed by atoms with E-state index in [2.05, 4.69) is 15.8 Å². The molecule has 0 aliphatic rings. The molecule has 0 bridgehead atoms. The highest BCUT2D eigenvalue weighted by molar-refractivity contribution is 5.97. The molecular formula is C13H20FN5O2. The molecule has 7 nitrogen and oxygen atoms in total. The second kappa shape index (κ2) is 8.05. The lowest BCUT2D eigenvalue weighted by Crippen LogP contribution is -2.38. The predicted octanol–water partition coefficient (Wildman–Crippen LogP) is 0.281. The molecular weight excluding hydrogens is 277 g/mol. The summed E-state index contributed by atoms with van der Waals surface area (Å²) in [6.45, 7) is 1.40. The Morgan fingerprint density at radius 1 is 1.38 bits per heavy atom. The Morgan fingerprint density at radius 2 is 2.10 bits per heavy atom. The van der Waals surface area contributed by atoms with Crippen molar-refractivity contribution in [3.8, 4) is 0 Å². The molecule has 1 rings (SSSR count). The quantitative estimate of drug-likeness (QED) is 0.199. The van der Waals surface area contributed by atoms with E-state index >= 15 is 0 Å². The molecule has 0 aliphatic heterocycles. The Morgan fingerprint density at radius 3 is 2.71 bits per heavy atom. The summed E-state index contributed by atoms with van der Waals surface area (Å²) in [7, 11) is 3.31. The number of carbonyl (C=O) groups is 1. The summed E-state index contributed by atoms with van der Waals surface area (Å²) in [5.74, 6) is -0.606. The minimum Gasteiger partial charge on any atom is -0.409 e. The van der Waals surface area contributed by atoms with Gasteiger partial charge in [0.15, 0.2) is 5.84 Å². The molecule has 0 saturated carbocycles. The third-order valence-corrected chi connectivity index (χ3v) is 2.67. The van der Waals surface area contributed by atoms with Gasteiger partial charge < -0.3 is 26.5 Å². The van der Waals surface area contributed by atoms with E-state index in [4.69, 9.17) is 10.9 Å². The number of carbonyl (C=O) groups excluding carboxylic acids is 1. The number of benzene rings is 1. The molecule has 2 amide bonds. The van der Waals surface area contributed by atoms with Crippen LogP contribution in [0.25, 0.3) is 0 Å². The smallest absolute Gasteiger partial charge is 0.316 e. The van der Waals surface area contributed by atoms with Crippen molar-refractivity contribution < 1.29 is 14.4 Å². The van der Waals surface area contributed by atoms with Crippen molar-refractivity contribution in [2.45, 2.75) is 6.54 Å². The molecule has 1 aromatic rings. The summed E-state index contributed by atoms with van der Waals surface area (Å²) in [6, 6.07) is 4.01. The number of hydrogen-bond donors (Lipinski definition) is 4. The molecule has 0 radical (unpaired) electrons. The largest absolute Gasteiger partial charge is 0.409 e. The van der Waals surface area contributed by atoms with Crippen LogP contribution in [0, 0.1) is 5.82 Å². The maximum absolute atomic E-state index is 13.4. The van der Waals surface area contributed by atoms with Crippen molar-refractivity contribution >= 4 is 11.9 Å². The fraction of sp³-hybridized carbons (Fsp3) is 0.385. The highest BCUT2D eigenvalue weighted by Crippen LogP contribution is 2.09. The van der Waals surface area contributed by atoms with Crippen LogP contribution in [0.3, 0.4) is 0 Å². The zero-order chi connectivity index (χ0) is 15.8. The van der Waals surface area contributed by atoms with Crippen molar-refractivity contribution in [2.24, 2.45) is 10.9 Å². The molecule has 0 fully saturated rings. The van der Waals surface area contributed by atoms with Gasteiger partial charge in [-0.1, -0.05) is 5.16 Å². The first kappa shape index (κ1) is 16.7. The Kier molecular flexibility index (Phi) is 6.41. The van der Waals surface area contributed by atoms with Crippen LogP contribution in [0.5, 0.6) is 0 Å². The van der Waals surface area contributed by atoms with Crippen LogP contribution in [0.15, 0.2) is 23.4 Å². The first-order valence-corrected chi connectivity index (χ1v) is 6.37. The average molecular weight is 297 g/mol. The summed E-state index contributed by atoms with van der Waals surface area (Å²) < 4.78 is 13.4. The third-order valence-electron chi connectivity index (χ3n) is 2.67. The number of nitrogens with zero attached hydrogens (tertiary/aromatic N) is 2. The van der Waals surface area contributed by atoms with Gasteiger partial charge in [-0.15, -0.1) is 0 Å². The number of nitrogens with one attached hydrogen (secondary N) is 2. The predicted molar refractivity (Wildman–Crippen MR) is 77.7 cm³/mol. The van der Waals surface area contributed by atoms with E-state index < -0.39 is 5.82 Å². The molecule has 0 unspecified atom stereocenters. The van der Waals surface area contributed by atoms with E-state index in [1.807, 2.05) is 0 Å². The van der Waals surface area contributed by atoms with Crippen LogP contribution in [0.4, 0.5) is 9.18 Å². The first-order valence-electron chi connectivity index (χ1n) is 6.37. The number of nitrogens with two attached hydrogens (primary N) is 1. The summed E-state index contributed by atoms with van der Waals surface area (Å²) in [5, 5.41) is 17.2. The van der Waals surface area contributed by atoms with Crippen molar-refractivity contribution in [1.29, 1.82) is 0 Å². The molecule has 0 atom stereocenters. The summed E-state index contributed by atoms with van der Waals surface area (Å²) in [4.78, 5) is 12.7. The fourth-order valence-electron chi connectivity index (χ4n) is 1.61. The van der Waals surface area contributed by atoms with Gasteiger partial charge in [-0.25, -0.2) is 9.18 Å². The Hall–Kier alpha value is -2.35. The van der Waals surface area contributed by atoms with Gasteiger partial charge in [0.25, 0.3) is 0 Å². The zero-order valence-electron chi connectivity index (χ0n) is 12.1. The highest BCUT2D eigenvalue weighted by atomic mass is 19.1. The maximum Gasteiger partial charge on any atom is 0.316 e. The van der Waals surface area contributed by atoms with E-state index in [1.54, 1.807) is 20.2 Å². The van der Waals surface area contributed by atoms with Gasteiger partial charge in [0.05, 0.1) is 0 Å². The molecule has 0 saturated heterocycles. The number of rotatable bonds is 6. The third kappa shape index (κ3) is 5.65. The van der Waals surface area contributed by atoms with Crippen LogP contribution >= 0.6 is 0 Å². The van der Waals surface area contributed by atoms with Gasteiger partial charge in [-0.3, -0.25) is 0 Å². The lowest BCUT2D eigenvalue weighted by Gasteiger charge is -2.12. The molecule has 1 aromatic carbocycles. The van der Waals surface area contributed by atoms with Crippen molar-refractivity contribution in [1.82, 2.24) is 15.5 Å². The minimum atomic E-state index is -0.461. The standard InChI is InChI=1S/C13H20FN5O2/c1-19(2)13(20)17-4-3-16-8-9-5-10(12(15)18-21)7-11(14)6-9/h5-7,16,21H,3-4,8H2,1-2H3,(H2,15,18)(H,17,20).